The highest BCUT2D eigenvalue weighted by molar-refractivity contribution is 7.09. The molecule has 0 unspecified atom stereocenters. The van der Waals surface area contributed by atoms with Crippen LogP contribution in [0.1, 0.15) is 16.2 Å². The number of nitrogen functional groups attached to an aromatic ring is 1. The third kappa shape index (κ3) is 2.80. The number of hydrogen-bond donors (Lipinski definition) is 2. The van der Waals surface area contributed by atoms with Crippen LogP contribution in [0.25, 0.3) is 0 Å². The Bertz CT molecular complexity index is 655. The fourth-order valence-electron chi connectivity index (χ4n) is 1.26. The van der Waals surface area contributed by atoms with Crippen LogP contribution in [0.2, 0.25) is 0 Å². The fraction of sp³-hybridized carbons (Fsp3) is 0.111. The molecular weight excluding hydrogens is 272 g/mol. The molecule has 3 N–H and O–H groups in total. The smallest absolute Gasteiger partial charge is 0.288 e. The maximum atomic E-state index is 11.9. The molecule has 0 saturated heterocycles. The molecule has 0 aliphatic carbocycles. The van der Waals surface area contributed by atoms with Crippen molar-refractivity contribution in [1.82, 2.24) is 14.3 Å². The van der Waals surface area contributed by atoms with Crippen molar-refractivity contribution in [2.24, 2.45) is 0 Å². The summed E-state index contributed by atoms with van der Waals surface area (Å²) in [5.74, 6) is -0.195. The highest BCUT2D eigenvalue weighted by atomic mass is 32.1. The second kappa shape index (κ2) is 4.94. The van der Waals surface area contributed by atoms with Gasteiger partial charge in [0.25, 0.3) is 11.6 Å². The first-order valence-corrected chi connectivity index (χ1v) is 5.76. The van der Waals surface area contributed by atoms with Gasteiger partial charge in [0.2, 0.25) is 5.13 Å². The number of nitrogens with zero attached hydrogens (tertiary/aromatic N) is 4. The quantitative estimate of drug-likeness (QED) is 0.631. The Morgan fingerprint density at radius 2 is 2.32 bits per heavy atom. The molecular formula is C9H8N6O3S. The van der Waals surface area contributed by atoms with Gasteiger partial charge >= 0.3 is 0 Å². The van der Waals surface area contributed by atoms with Gasteiger partial charge in [-0.3, -0.25) is 20.2 Å². The summed E-state index contributed by atoms with van der Waals surface area (Å²) >= 11 is 1.00. The topological polar surface area (TPSA) is 137 Å². The minimum atomic E-state index is -0.654. The summed E-state index contributed by atoms with van der Waals surface area (Å²) in [6.07, 6.45) is 0.987. The van der Waals surface area contributed by atoms with Crippen LogP contribution in [0.15, 0.2) is 12.3 Å². The average Bonchev–Trinajstić information content (AvgIpc) is 2.74. The molecule has 98 valence electrons. The van der Waals surface area contributed by atoms with Crippen LogP contribution in [-0.2, 0) is 0 Å². The van der Waals surface area contributed by atoms with E-state index in [1.165, 1.54) is 0 Å². The van der Waals surface area contributed by atoms with E-state index in [1.807, 2.05) is 0 Å². The molecule has 2 aromatic heterocycles. The summed E-state index contributed by atoms with van der Waals surface area (Å²) in [6, 6.07) is 1.06. The number of pyridine rings is 1. The molecule has 2 aromatic rings. The number of amides is 1. The summed E-state index contributed by atoms with van der Waals surface area (Å²) < 4.78 is 3.89. The van der Waals surface area contributed by atoms with E-state index in [2.05, 4.69) is 19.7 Å². The lowest BCUT2D eigenvalue weighted by molar-refractivity contribution is -0.385. The zero-order chi connectivity index (χ0) is 14.0. The number of anilines is 2. The lowest BCUT2D eigenvalue weighted by atomic mass is 10.2. The third-order valence-electron chi connectivity index (χ3n) is 2.11. The number of hydrogen-bond acceptors (Lipinski definition) is 8. The fourth-order valence-corrected chi connectivity index (χ4v) is 1.83. The molecule has 0 radical (unpaired) electrons. The standard InChI is InChI=1S/C9H8N6O3S/c1-4-12-9(19-14-4)13-8(16)6-2-5(15(17)18)3-11-7(6)10/h2-3H,1H3,(H2,10,11)(H,12,13,14,16). The molecule has 0 aliphatic rings. The number of aromatic nitrogens is 3. The van der Waals surface area contributed by atoms with Gasteiger partial charge in [-0.1, -0.05) is 0 Å². The van der Waals surface area contributed by atoms with Gasteiger partial charge < -0.3 is 5.73 Å². The van der Waals surface area contributed by atoms with Gasteiger partial charge in [0, 0.05) is 17.6 Å². The van der Waals surface area contributed by atoms with Gasteiger partial charge in [-0.05, 0) is 6.92 Å². The van der Waals surface area contributed by atoms with Crippen molar-refractivity contribution in [3.8, 4) is 0 Å². The summed E-state index contributed by atoms with van der Waals surface area (Å²) in [6.45, 7) is 1.68. The Labute approximate surface area is 110 Å². The number of aryl methyl sites for hydroxylation is 1. The number of rotatable bonds is 3. The molecule has 19 heavy (non-hydrogen) atoms. The first-order valence-electron chi connectivity index (χ1n) is 4.99. The predicted molar refractivity (Wildman–Crippen MR) is 67.9 cm³/mol. The van der Waals surface area contributed by atoms with Gasteiger partial charge in [-0.15, -0.1) is 0 Å². The molecule has 0 atom stereocenters. The van der Waals surface area contributed by atoms with Gasteiger partial charge in [-0.25, -0.2) is 9.97 Å². The first-order chi connectivity index (χ1) is 8.97. The maximum Gasteiger partial charge on any atom is 0.288 e. The summed E-state index contributed by atoms with van der Waals surface area (Å²) in [5, 5.41) is 13.4. The van der Waals surface area contributed by atoms with Gasteiger partial charge in [0.1, 0.15) is 17.8 Å². The number of carbonyl (C=O) groups is 1. The summed E-state index contributed by atoms with van der Waals surface area (Å²) in [5.41, 5.74) is 5.13. The SMILES string of the molecule is Cc1nsc(NC(=O)c2cc([N+](=O)[O-])cnc2N)n1. The Morgan fingerprint density at radius 1 is 1.58 bits per heavy atom. The van der Waals surface area contributed by atoms with Crippen molar-refractivity contribution in [3.05, 3.63) is 33.8 Å². The minimum absolute atomic E-state index is 0.0814. The Balaban J connectivity index is 2.27. The minimum Gasteiger partial charge on any atom is -0.383 e. The second-order valence-electron chi connectivity index (χ2n) is 3.48. The van der Waals surface area contributed by atoms with Crippen LogP contribution in [0.4, 0.5) is 16.6 Å². The molecule has 0 spiro atoms. The van der Waals surface area contributed by atoms with E-state index in [-0.39, 0.29) is 22.2 Å². The van der Waals surface area contributed by atoms with Crippen molar-refractivity contribution in [1.29, 1.82) is 0 Å². The molecule has 0 aromatic carbocycles. The molecule has 0 saturated carbocycles. The van der Waals surface area contributed by atoms with Crippen molar-refractivity contribution < 1.29 is 9.72 Å². The van der Waals surface area contributed by atoms with Crippen LogP contribution in [0, 0.1) is 17.0 Å². The van der Waals surface area contributed by atoms with E-state index in [1.54, 1.807) is 6.92 Å². The van der Waals surface area contributed by atoms with Gasteiger partial charge in [0.05, 0.1) is 10.5 Å². The van der Waals surface area contributed by atoms with Crippen LogP contribution in [0.5, 0.6) is 0 Å². The Hall–Kier alpha value is -2.62. The predicted octanol–water partition coefficient (Wildman–Crippen LogP) is 0.984. The summed E-state index contributed by atoms with van der Waals surface area (Å²) in [4.78, 5) is 29.4. The van der Waals surface area contributed by atoms with E-state index < -0.39 is 10.8 Å². The molecule has 0 aliphatic heterocycles. The highest BCUT2D eigenvalue weighted by Crippen LogP contribution is 2.19. The van der Waals surface area contributed by atoms with Crippen molar-refractivity contribution in [3.63, 3.8) is 0 Å². The van der Waals surface area contributed by atoms with E-state index in [9.17, 15) is 14.9 Å². The molecule has 9 nitrogen and oxygen atoms in total. The lowest BCUT2D eigenvalue weighted by Crippen LogP contribution is -2.15. The zero-order valence-corrected chi connectivity index (χ0v) is 10.5. The van der Waals surface area contributed by atoms with Crippen molar-refractivity contribution in [2.45, 2.75) is 6.92 Å². The van der Waals surface area contributed by atoms with Crippen LogP contribution >= 0.6 is 11.5 Å². The van der Waals surface area contributed by atoms with Crippen molar-refractivity contribution in [2.75, 3.05) is 11.1 Å². The zero-order valence-electron chi connectivity index (χ0n) is 9.65. The van der Waals surface area contributed by atoms with E-state index in [4.69, 9.17) is 5.73 Å². The molecule has 10 heteroatoms. The van der Waals surface area contributed by atoms with Crippen LogP contribution < -0.4 is 11.1 Å². The van der Waals surface area contributed by atoms with Crippen LogP contribution in [-0.4, -0.2) is 25.2 Å². The van der Waals surface area contributed by atoms with Crippen LogP contribution in [0.3, 0.4) is 0 Å². The second-order valence-corrected chi connectivity index (χ2v) is 4.24. The molecule has 2 rings (SSSR count). The number of nitrogens with two attached hydrogens (primary N) is 1. The highest BCUT2D eigenvalue weighted by Gasteiger charge is 2.17. The normalized spacial score (nSPS) is 10.2. The van der Waals surface area contributed by atoms with Crippen molar-refractivity contribution >= 4 is 34.1 Å². The lowest BCUT2D eigenvalue weighted by Gasteiger charge is -2.03. The monoisotopic (exact) mass is 280 g/mol. The average molecular weight is 280 g/mol. The maximum absolute atomic E-state index is 11.9. The number of nitrogens with one attached hydrogen (secondary N) is 1. The Kier molecular flexibility index (Phi) is 3.33. The van der Waals surface area contributed by atoms with Gasteiger partial charge in [0.15, 0.2) is 0 Å². The number of carbonyl (C=O) groups excluding carboxylic acids is 1. The van der Waals surface area contributed by atoms with E-state index in [0.29, 0.717) is 5.82 Å². The Morgan fingerprint density at radius 3 is 2.89 bits per heavy atom. The summed E-state index contributed by atoms with van der Waals surface area (Å²) in [7, 11) is 0. The van der Waals surface area contributed by atoms with E-state index >= 15 is 0 Å². The van der Waals surface area contributed by atoms with Gasteiger partial charge in [-0.2, -0.15) is 4.37 Å². The largest absolute Gasteiger partial charge is 0.383 e. The first kappa shape index (κ1) is 12.8. The number of nitro groups is 1. The molecule has 0 bridgehead atoms. The molecule has 0 fully saturated rings. The molecule has 1 amide bonds. The van der Waals surface area contributed by atoms with E-state index in [0.717, 1.165) is 23.8 Å². The molecule has 2 heterocycles. The third-order valence-corrected chi connectivity index (χ3v) is 2.83.